The van der Waals surface area contributed by atoms with Gasteiger partial charge in [0.1, 0.15) is 12.1 Å². The molecule has 0 saturated carbocycles. The van der Waals surface area contributed by atoms with Gasteiger partial charge in [-0.2, -0.15) is 13.2 Å². The highest BCUT2D eigenvalue weighted by Crippen LogP contribution is 2.29. The van der Waals surface area contributed by atoms with Crippen molar-refractivity contribution < 1.29 is 22.4 Å². The first-order chi connectivity index (χ1) is 15.2. The van der Waals surface area contributed by atoms with Crippen LogP contribution in [0.3, 0.4) is 0 Å². The van der Waals surface area contributed by atoms with Crippen LogP contribution in [0.4, 0.5) is 23.4 Å². The average molecular weight is 471 g/mol. The van der Waals surface area contributed by atoms with Gasteiger partial charge in [-0.25, -0.2) is 19.3 Å². The lowest BCUT2D eigenvalue weighted by Gasteiger charge is -2.33. The number of anilines is 1. The van der Waals surface area contributed by atoms with Crippen LogP contribution in [0.15, 0.2) is 24.7 Å². The molecule has 0 bridgehead atoms. The van der Waals surface area contributed by atoms with E-state index < -0.39 is 24.3 Å². The molecular weight excluding hydrogens is 452 g/mol. The second-order valence-electron chi connectivity index (χ2n) is 7.66. The predicted molar refractivity (Wildman–Crippen MR) is 111 cm³/mol. The van der Waals surface area contributed by atoms with Crippen molar-refractivity contribution in [3.8, 4) is 11.4 Å². The summed E-state index contributed by atoms with van der Waals surface area (Å²) in [6.07, 6.45) is -0.537. The quantitative estimate of drug-likeness (QED) is 0.539. The van der Waals surface area contributed by atoms with Gasteiger partial charge in [0.2, 0.25) is 5.91 Å². The third-order valence-electron chi connectivity index (χ3n) is 5.26. The van der Waals surface area contributed by atoms with Crippen molar-refractivity contribution in [3.63, 3.8) is 0 Å². The van der Waals surface area contributed by atoms with Crippen LogP contribution in [0, 0.1) is 11.7 Å². The minimum atomic E-state index is -4.54. The first-order valence-electron chi connectivity index (χ1n) is 9.93. The van der Waals surface area contributed by atoms with Crippen molar-refractivity contribution in [2.75, 3.05) is 25.0 Å². The monoisotopic (exact) mass is 470 g/mol. The number of pyridine rings is 1. The van der Waals surface area contributed by atoms with Gasteiger partial charge in [-0.3, -0.25) is 4.79 Å². The molecule has 0 aromatic carbocycles. The largest absolute Gasteiger partial charge is 0.397 e. The summed E-state index contributed by atoms with van der Waals surface area (Å²) in [5.41, 5.74) is 1.18. The van der Waals surface area contributed by atoms with Crippen LogP contribution in [0.1, 0.15) is 19.3 Å². The Hall–Kier alpha value is -2.95. The molecule has 1 aliphatic rings. The number of hydrogen-bond acceptors (Lipinski definition) is 5. The number of hydrogen-bond donors (Lipinski definition) is 2. The Morgan fingerprint density at radius 1 is 1.31 bits per heavy atom. The summed E-state index contributed by atoms with van der Waals surface area (Å²) in [6, 6.07) is 1.70. The summed E-state index contributed by atoms with van der Waals surface area (Å²) < 4.78 is 51.9. The minimum Gasteiger partial charge on any atom is -0.367 e. The molecule has 32 heavy (non-hydrogen) atoms. The number of nitrogens with one attached hydrogen (secondary N) is 2. The highest BCUT2D eigenvalue weighted by atomic mass is 35.5. The number of H-pyrrole nitrogens is 1. The Morgan fingerprint density at radius 3 is 2.91 bits per heavy atom. The van der Waals surface area contributed by atoms with Crippen LogP contribution in [0.5, 0.6) is 0 Å². The third-order valence-corrected chi connectivity index (χ3v) is 5.47. The van der Waals surface area contributed by atoms with Crippen LogP contribution in [-0.4, -0.2) is 56.6 Å². The normalized spacial score (nSPS) is 17.0. The summed E-state index contributed by atoms with van der Waals surface area (Å²) >= 11 is 6.02. The fourth-order valence-electron chi connectivity index (χ4n) is 3.77. The number of alkyl halides is 3. The van der Waals surface area contributed by atoms with E-state index in [-0.39, 0.29) is 37.2 Å². The highest BCUT2D eigenvalue weighted by molar-refractivity contribution is 6.31. The number of amides is 1. The van der Waals surface area contributed by atoms with Crippen molar-refractivity contribution in [2.24, 2.45) is 5.92 Å². The molecule has 3 aromatic heterocycles. The molecule has 2 N–H and O–H groups in total. The first kappa shape index (κ1) is 22.3. The molecule has 4 heterocycles. The molecular formula is C20H19ClF4N6O. The maximum atomic E-state index is 14.3. The van der Waals surface area contributed by atoms with E-state index in [2.05, 4.69) is 25.3 Å². The number of carbonyl (C=O) groups is 1. The molecule has 0 aliphatic carbocycles. The molecule has 7 nitrogen and oxygen atoms in total. The number of rotatable bonds is 5. The van der Waals surface area contributed by atoms with Gasteiger partial charge in [-0.15, -0.1) is 0 Å². The van der Waals surface area contributed by atoms with Gasteiger partial charge in [-0.05, 0) is 24.8 Å². The lowest BCUT2D eigenvalue weighted by Crippen LogP contribution is -2.43. The van der Waals surface area contributed by atoms with Crippen molar-refractivity contribution in [1.82, 2.24) is 24.8 Å². The Bertz CT molecular complexity index is 1130. The number of halogens is 5. The van der Waals surface area contributed by atoms with E-state index in [0.29, 0.717) is 34.5 Å². The van der Waals surface area contributed by atoms with E-state index >= 15 is 0 Å². The molecule has 1 atom stereocenters. The Morgan fingerprint density at radius 2 is 2.12 bits per heavy atom. The average Bonchev–Trinajstić information content (AvgIpc) is 3.15. The van der Waals surface area contributed by atoms with E-state index in [1.54, 1.807) is 12.3 Å². The molecule has 1 fully saturated rings. The maximum absolute atomic E-state index is 14.3. The number of likely N-dealkylation sites (tertiary alicyclic amines) is 1. The third kappa shape index (κ3) is 5.09. The zero-order valence-electron chi connectivity index (χ0n) is 16.7. The van der Waals surface area contributed by atoms with Crippen molar-refractivity contribution >= 4 is 34.4 Å². The van der Waals surface area contributed by atoms with Gasteiger partial charge in [0.25, 0.3) is 0 Å². The molecule has 0 unspecified atom stereocenters. The van der Waals surface area contributed by atoms with Gasteiger partial charge in [-0.1, -0.05) is 11.6 Å². The number of fused-ring (bicyclic) bond motifs is 1. The minimum absolute atomic E-state index is 0.0296. The van der Waals surface area contributed by atoms with Crippen LogP contribution in [0.2, 0.25) is 5.02 Å². The fraction of sp³-hybridized carbons (Fsp3) is 0.400. The van der Waals surface area contributed by atoms with E-state index in [0.717, 1.165) is 6.20 Å². The lowest BCUT2D eigenvalue weighted by atomic mass is 9.97. The fourth-order valence-corrected chi connectivity index (χ4v) is 3.92. The number of aromatic amines is 1. The van der Waals surface area contributed by atoms with Crippen LogP contribution in [-0.2, 0) is 4.79 Å². The van der Waals surface area contributed by atoms with Crippen LogP contribution < -0.4 is 5.32 Å². The summed E-state index contributed by atoms with van der Waals surface area (Å²) in [5.74, 6) is -1.50. The van der Waals surface area contributed by atoms with Crippen LogP contribution in [0.25, 0.3) is 22.4 Å². The molecule has 0 spiro atoms. The summed E-state index contributed by atoms with van der Waals surface area (Å²) in [5, 5.41) is 4.03. The van der Waals surface area contributed by atoms with E-state index in [1.807, 2.05) is 0 Å². The Kier molecular flexibility index (Phi) is 6.18. The van der Waals surface area contributed by atoms with Gasteiger partial charge in [0.05, 0.1) is 11.2 Å². The summed E-state index contributed by atoms with van der Waals surface area (Å²) in [6.45, 7) is 0.715. The van der Waals surface area contributed by atoms with E-state index in [1.165, 1.54) is 11.1 Å². The van der Waals surface area contributed by atoms with Crippen molar-refractivity contribution in [1.29, 1.82) is 0 Å². The maximum Gasteiger partial charge on any atom is 0.397 e. The molecule has 1 aliphatic heterocycles. The number of piperidine rings is 1. The molecule has 4 rings (SSSR count). The Labute approximate surface area is 185 Å². The van der Waals surface area contributed by atoms with Gasteiger partial charge in [0, 0.05) is 43.0 Å². The second-order valence-corrected chi connectivity index (χ2v) is 8.10. The first-order valence-corrected chi connectivity index (χ1v) is 10.3. The summed E-state index contributed by atoms with van der Waals surface area (Å²) in [4.78, 5) is 28.6. The molecule has 3 aromatic rings. The predicted octanol–water partition coefficient (Wildman–Crippen LogP) is 4.42. The second kappa shape index (κ2) is 8.89. The number of nitrogens with zero attached hydrogens (tertiary/aromatic N) is 4. The van der Waals surface area contributed by atoms with E-state index in [9.17, 15) is 22.4 Å². The standard InChI is InChI=1S/C20H19ClF4N6O/c21-12-4-13-14(8-28-17(13)27-7-12)18-29-9-15(22)19(30-18)26-6-11-2-1-3-31(10-11)16(32)5-20(23,24)25/h4,7-9,11H,1-3,5-6,10H2,(H,27,28)(H,26,29,30)/t11-/m0/s1. The molecule has 1 saturated heterocycles. The number of carbonyl (C=O) groups excluding carboxylic acids is 1. The van der Waals surface area contributed by atoms with Gasteiger partial charge < -0.3 is 15.2 Å². The van der Waals surface area contributed by atoms with Gasteiger partial charge in [0.15, 0.2) is 17.5 Å². The van der Waals surface area contributed by atoms with Gasteiger partial charge >= 0.3 is 6.18 Å². The molecule has 1 amide bonds. The van der Waals surface area contributed by atoms with Crippen molar-refractivity contribution in [3.05, 3.63) is 35.5 Å². The highest BCUT2D eigenvalue weighted by Gasteiger charge is 2.35. The number of aromatic nitrogens is 4. The topological polar surface area (TPSA) is 86.8 Å². The van der Waals surface area contributed by atoms with Crippen LogP contribution >= 0.6 is 11.6 Å². The summed E-state index contributed by atoms with van der Waals surface area (Å²) in [7, 11) is 0. The zero-order valence-corrected chi connectivity index (χ0v) is 17.5. The van der Waals surface area contributed by atoms with Crippen molar-refractivity contribution in [2.45, 2.75) is 25.4 Å². The smallest absolute Gasteiger partial charge is 0.367 e. The SMILES string of the molecule is O=C(CC(F)(F)F)N1CCC[C@@H](CNc2nc(-c3c[nH]c4ncc(Cl)cc34)ncc2F)C1. The van der Waals surface area contributed by atoms with E-state index in [4.69, 9.17) is 11.6 Å². The molecule has 12 heteroatoms. The lowest BCUT2D eigenvalue weighted by molar-refractivity contribution is -0.162. The molecule has 170 valence electrons. The molecule has 0 radical (unpaired) electrons. The Balaban J connectivity index is 1.46. The zero-order chi connectivity index (χ0) is 22.9.